The van der Waals surface area contributed by atoms with E-state index in [0.717, 1.165) is 5.56 Å². The van der Waals surface area contributed by atoms with Gasteiger partial charge in [-0.15, -0.1) is 0 Å². The molecular weight excluding hydrogens is 259 g/mol. The SMILES string of the molecule is CN1OC(CS(=O)O)N(C)C1c1ccc(F)cc1. The summed E-state index contributed by atoms with van der Waals surface area (Å²) in [6.45, 7) is 0. The molecule has 3 unspecified atom stereocenters. The molecule has 100 valence electrons. The van der Waals surface area contributed by atoms with Gasteiger partial charge in [-0.2, -0.15) is 5.06 Å². The molecule has 1 aliphatic heterocycles. The lowest BCUT2D eigenvalue weighted by Gasteiger charge is -2.23. The number of hydrogen-bond donors (Lipinski definition) is 1. The minimum atomic E-state index is -1.92. The first kappa shape index (κ1) is 13.6. The van der Waals surface area contributed by atoms with Gasteiger partial charge in [0.1, 0.15) is 18.2 Å². The maximum Gasteiger partial charge on any atom is 0.156 e. The van der Waals surface area contributed by atoms with E-state index in [1.165, 1.54) is 12.1 Å². The maximum absolute atomic E-state index is 12.9. The topological polar surface area (TPSA) is 53.0 Å². The molecule has 1 aliphatic rings. The fourth-order valence-corrected chi connectivity index (χ4v) is 2.63. The fraction of sp³-hybridized carbons (Fsp3) is 0.455. The second kappa shape index (κ2) is 5.41. The van der Waals surface area contributed by atoms with Crippen LogP contribution in [0.25, 0.3) is 0 Å². The Kier molecular flexibility index (Phi) is 4.08. The smallest absolute Gasteiger partial charge is 0.156 e. The van der Waals surface area contributed by atoms with Crippen molar-refractivity contribution in [2.45, 2.75) is 12.4 Å². The van der Waals surface area contributed by atoms with Crippen LogP contribution in [0.3, 0.4) is 0 Å². The average molecular weight is 274 g/mol. The first-order valence-corrected chi connectivity index (χ1v) is 6.71. The monoisotopic (exact) mass is 274 g/mol. The summed E-state index contributed by atoms with van der Waals surface area (Å²) < 4.78 is 32.6. The van der Waals surface area contributed by atoms with Crippen molar-refractivity contribution in [2.24, 2.45) is 0 Å². The molecule has 0 radical (unpaired) electrons. The number of halogens is 1. The third-order valence-corrected chi connectivity index (χ3v) is 3.50. The molecule has 1 N–H and O–H groups in total. The van der Waals surface area contributed by atoms with Crippen molar-refractivity contribution in [2.75, 3.05) is 19.8 Å². The van der Waals surface area contributed by atoms with Crippen LogP contribution in [0.1, 0.15) is 11.7 Å². The van der Waals surface area contributed by atoms with Crippen molar-refractivity contribution in [3.63, 3.8) is 0 Å². The molecule has 0 aliphatic carbocycles. The van der Waals surface area contributed by atoms with Crippen LogP contribution >= 0.6 is 0 Å². The van der Waals surface area contributed by atoms with E-state index in [0.29, 0.717) is 0 Å². The zero-order chi connectivity index (χ0) is 13.3. The van der Waals surface area contributed by atoms with Crippen molar-refractivity contribution < 1.29 is 18.0 Å². The lowest BCUT2D eigenvalue weighted by Crippen LogP contribution is -2.33. The highest BCUT2D eigenvalue weighted by Gasteiger charge is 2.38. The molecule has 5 nitrogen and oxygen atoms in total. The fourth-order valence-electron chi connectivity index (χ4n) is 2.09. The molecule has 2 rings (SSSR count). The molecule has 7 heteroatoms. The molecule has 1 saturated heterocycles. The quantitative estimate of drug-likeness (QED) is 0.839. The second-order valence-corrected chi connectivity index (χ2v) is 5.16. The van der Waals surface area contributed by atoms with Crippen molar-refractivity contribution >= 4 is 11.1 Å². The van der Waals surface area contributed by atoms with Crippen molar-refractivity contribution in [3.8, 4) is 0 Å². The molecular formula is C11H15FN2O3S. The molecule has 0 amide bonds. The van der Waals surface area contributed by atoms with E-state index in [2.05, 4.69) is 0 Å². The zero-order valence-corrected chi connectivity index (χ0v) is 10.9. The van der Waals surface area contributed by atoms with Gasteiger partial charge < -0.3 is 4.55 Å². The van der Waals surface area contributed by atoms with E-state index in [-0.39, 0.29) is 17.7 Å². The van der Waals surface area contributed by atoms with E-state index in [1.807, 2.05) is 4.90 Å². The highest BCUT2D eigenvalue weighted by atomic mass is 32.2. The Morgan fingerprint density at radius 1 is 1.39 bits per heavy atom. The predicted octanol–water partition coefficient (Wildman–Crippen LogP) is 1.18. The van der Waals surface area contributed by atoms with Gasteiger partial charge in [0.25, 0.3) is 0 Å². The molecule has 1 aromatic rings. The van der Waals surface area contributed by atoms with Crippen molar-refractivity contribution in [3.05, 3.63) is 35.6 Å². The summed E-state index contributed by atoms with van der Waals surface area (Å²) in [5.41, 5.74) is 0.868. The summed E-state index contributed by atoms with van der Waals surface area (Å²) in [6.07, 6.45) is -0.657. The molecule has 18 heavy (non-hydrogen) atoms. The summed E-state index contributed by atoms with van der Waals surface area (Å²) >= 11 is -1.92. The van der Waals surface area contributed by atoms with Gasteiger partial charge in [0.15, 0.2) is 11.1 Å². The van der Waals surface area contributed by atoms with Crippen LogP contribution in [0.2, 0.25) is 0 Å². The minimum Gasteiger partial charge on any atom is -0.306 e. The Hall–Kier alpha value is -0.860. The first-order chi connectivity index (χ1) is 8.49. The summed E-state index contributed by atoms with van der Waals surface area (Å²) in [5, 5.41) is 1.60. The predicted molar refractivity (Wildman–Crippen MR) is 65.2 cm³/mol. The number of benzene rings is 1. The van der Waals surface area contributed by atoms with Crippen LogP contribution in [0.4, 0.5) is 4.39 Å². The summed E-state index contributed by atoms with van der Waals surface area (Å²) in [5.74, 6) is -0.283. The Morgan fingerprint density at radius 2 is 2.00 bits per heavy atom. The van der Waals surface area contributed by atoms with Gasteiger partial charge in [0.05, 0.1) is 5.75 Å². The summed E-state index contributed by atoms with van der Waals surface area (Å²) in [4.78, 5) is 7.33. The van der Waals surface area contributed by atoms with Gasteiger partial charge in [0, 0.05) is 7.05 Å². The van der Waals surface area contributed by atoms with Crippen molar-refractivity contribution in [1.29, 1.82) is 0 Å². The van der Waals surface area contributed by atoms with E-state index in [9.17, 15) is 8.60 Å². The molecule has 1 fully saturated rings. The van der Waals surface area contributed by atoms with Gasteiger partial charge in [-0.05, 0) is 24.7 Å². The van der Waals surface area contributed by atoms with Crippen LogP contribution in [0.15, 0.2) is 24.3 Å². The molecule has 0 spiro atoms. The molecule has 1 heterocycles. The Balaban J connectivity index is 2.18. The maximum atomic E-state index is 12.9. The van der Waals surface area contributed by atoms with Crippen LogP contribution in [0.5, 0.6) is 0 Å². The first-order valence-electron chi connectivity index (χ1n) is 5.43. The van der Waals surface area contributed by atoms with Gasteiger partial charge in [-0.1, -0.05) is 12.1 Å². The molecule has 0 bridgehead atoms. The van der Waals surface area contributed by atoms with E-state index < -0.39 is 17.3 Å². The highest BCUT2D eigenvalue weighted by molar-refractivity contribution is 7.79. The molecule has 0 aromatic heterocycles. The third-order valence-electron chi connectivity index (χ3n) is 2.93. The third kappa shape index (κ3) is 2.76. The van der Waals surface area contributed by atoms with Gasteiger partial charge in [-0.3, -0.25) is 9.74 Å². The van der Waals surface area contributed by atoms with Crippen LogP contribution < -0.4 is 0 Å². The zero-order valence-electron chi connectivity index (χ0n) is 10.1. The highest BCUT2D eigenvalue weighted by Crippen LogP contribution is 2.31. The summed E-state index contributed by atoms with van der Waals surface area (Å²) in [7, 11) is 3.54. The number of rotatable bonds is 3. The average Bonchev–Trinajstić information content (AvgIpc) is 2.55. The normalized spacial score (nSPS) is 27.6. The number of hydroxylamine groups is 2. The largest absolute Gasteiger partial charge is 0.306 e. The number of nitrogens with zero attached hydrogens (tertiary/aromatic N) is 2. The van der Waals surface area contributed by atoms with Crippen LogP contribution in [0, 0.1) is 5.82 Å². The van der Waals surface area contributed by atoms with Gasteiger partial charge >= 0.3 is 0 Å². The van der Waals surface area contributed by atoms with Crippen molar-refractivity contribution in [1.82, 2.24) is 9.96 Å². The second-order valence-electron chi connectivity index (χ2n) is 4.19. The van der Waals surface area contributed by atoms with E-state index >= 15 is 0 Å². The Labute approximate surface area is 107 Å². The molecule has 1 aromatic carbocycles. The van der Waals surface area contributed by atoms with E-state index in [1.54, 1.807) is 31.3 Å². The standard InChI is InChI=1S/C11H15FN2O3S/c1-13-10(7-18(15)16)17-14(2)11(13)8-3-5-9(12)6-4-8/h3-6,10-11H,7H2,1-2H3,(H,15,16). The minimum absolute atomic E-state index is 0.0124. The molecule has 3 atom stereocenters. The molecule has 0 saturated carbocycles. The van der Waals surface area contributed by atoms with Gasteiger partial charge in [0.2, 0.25) is 0 Å². The van der Waals surface area contributed by atoms with Crippen LogP contribution in [-0.4, -0.2) is 44.8 Å². The number of hydrogen-bond acceptors (Lipinski definition) is 4. The Bertz CT molecular complexity index is 442. The van der Waals surface area contributed by atoms with Gasteiger partial charge in [-0.25, -0.2) is 8.60 Å². The van der Waals surface area contributed by atoms with E-state index in [4.69, 9.17) is 9.39 Å². The summed E-state index contributed by atoms with van der Waals surface area (Å²) in [6, 6.07) is 6.12. The lowest BCUT2D eigenvalue weighted by molar-refractivity contribution is -0.139. The van der Waals surface area contributed by atoms with Crippen LogP contribution in [-0.2, 0) is 15.9 Å². The lowest BCUT2D eigenvalue weighted by atomic mass is 10.1. The Morgan fingerprint density at radius 3 is 2.56 bits per heavy atom.